The number of carbonyl (C=O) groups is 1. The van der Waals surface area contributed by atoms with E-state index in [0.717, 1.165) is 24.2 Å². The van der Waals surface area contributed by atoms with Crippen LogP contribution in [0.25, 0.3) is 22.6 Å². The van der Waals surface area contributed by atoms with Crippen LogP contribution >= 0.6 is 0 Å². The molecular weight excluding hydrogens is 366 g/mol. The van der Waals surface area contributed by atoms with Gasteiger partial charge < -0.3 is 14.5 Å². The fourth-order valence-corrected chi connectivity index (χ4v) is 2.86. The molecule has 0 saturated heterocycles. The van der Waals surface area contributed by atoms with Crippen LogP contribution < -0.4 is 10.1 Å². The van der Waals surface area contributed by atoms with Gasteiger partial charge in [-0.2, -0.15) is 0 Å². The van der Waals surface area contributed by atoms with Gasteiger partial charge in [0, 0.05) is 23.6 Å². The molecule has 2 aromatic heterocycles. The molecular formula is C23H21N3O3. The lowest BCUT2D eigenvalue weighted by Crippen LogP contribution is -2.11. The third-order valence-corrected chi connectivity index (χ3v) is 4.44. The third-order valence-electron chi connectivity index (χ3n) is 4.44. The van der Waals surface area contributed by atoms with E-state index in [9.17, 15) is 4.79 Å². The van der Waals surface area contributed by atoms with Crippen molar-refractivity contribution in [1.82, 2.24) is 9.97 Å². The molecule has 6 heteroatoms. The van der Waals surface area contributed by atoms with Crippen LogP contribution in [0.15, 0.2) is 71.4 Å². The predicted octanol–water partition coefficient (Wildman–Crippen LogP) is 5.32. The molecule has 0 atom stereocenters. The number of aromatic nitrogens is 2. The van der Waals surface area contributed by atoms with Gasteiger partial charge in [-0.3, -0.25) is 9.78 Å². The molecule has 0 spiro atoms. The molecule has 0 radical (unpaired) electrons. The summed E-state index contributed by atoms with van der Waals surface area (Å²) in [6.45, 7) is 2.80. The maximum Gasteiger partial charge on any atom is 0.255 e. The summed E-state index contributed by atoms with van der Waals surface area (Å²) in [5, 5.41) is 2.90. The Morgan fingerprint density at radius 2 is 2.00 bits per heavy atom. The zero-order valence-corrected chi connectivity index (χ0v) is 16.1. The Morgan fingerprint density at radius 3 is 2.76 bits per heavy atom. The molecule has 6 nitrogen and oxygen atoms in total. The van der Waals surface area contributed by atoms with Crippen molar-refractivity contribution in [2.75, 3.05) is 11.9 Å². The van der Waals surface area contributed by atoms with Gasteiger partial charge in [-0.15, -0.1) is 0 Å². The molecule has 2 aromatic carbocycles. The number of oxazole rings is 1. The maximum atomic E-state index is 12.5. The molecule has 0 aliphatic carbocycles. The molecule has 146 valence electrons. The van der Waals surface area contributed by atoms with Crippen molar-refractivity contribution in [1.29, 1.82) is 0 Å². The van der Waals surface area contributed by atoms with Gasteiger partial charge in [0.25, 0.3) is 5.91 Å². The van der Waals surface area contributed by atoms with Crippen LogP contribution in [0.3, 0.4) is 0 Å². The minimum Gasteiger partial charge on any atom is -0.494 e. The highest BCUT2D eigenvalue weighted by atomic mass is 16.5. The van der Waals surface area contributed by atoms with Crippen molar-refractivity contribution >= 4 is 22.7 Å². The lowest BCUT2D eigenvalue weighted by molar-refractivity contribution is 0.102. The SMILES string of the molecule is CCCCOc1ccc(C(=O)Nc2ccc3oc(-c4cccnc4)nc3c2)cc1. The van der Waals surface area contributed by atoms with E-state index in [2.05, 4.69) is 22.2 Å². The van der Waals surface area contributed by atoms with Gasteiger partial charge in [-0.25, -0.2) is 4.98 Å². The van der Waals surface area contributed by atoms with E-state index in [-0.39, 0.29) is 5.91 Å². The first-order valence-corrected chi connectivity index (χ1v) is 9.58. The number of carbonyl (C=O) groups excluding carboxylic acids is 1. The van der Waals surface area contributed by atoms with Crippen molar-refractivity contribution in [3.8, 4) is 17.2 Å². The van der Waals surface area contributed by atoms with Crippen molar-refractivity contribution in [3.05, 3.63) is 72.6 Å². The molecule has 0 unspecified atom stereocenters. The summed E-state index contributed by atoms with van der Waals surface area (Å²) in [4.78, 5) is 21.1. The highest BCUT2D eigenvalue weighted by Gasteiger charge is 2.11. The zero-order valence-electron chi connectivity index (χ0n) is 16.1. The van der Waals surface area contributed by atoms with Crippen molar-refractivity contribution in [2.45, 2.75) is 19.8 Å². The molecule has 4 rings (SSSR count). The second kappa shape index (κ2) is 8.56. The topological polar surface area (TPSA) is 77.2 Å². The fourth-order valence-electron chi connectivity index (χ4n) is 2.86. The molecule has 2 heterocycles. The Bertz CT molecular complexity index is 1110. The minimum atomic E-state index is -0.194. The summed E-state index contributed by atoms with van der Waals surface area (Å²) < 4.78 is 11.4. The first kappa shape index (κ1) is 18.7. The summed E-state index contributed by atoms with van der Waals surface area (Å²) in [6.07, 6.45) is 5.49. The fraction of sp³-hybridized carbons (Fsp3) is 0.174. The number of rotatable bonds is 7. The number of nitrogens with zero attached hydrogens (tertiary/aromatic N) is 2. The first-order chi connectivity index (χ1) is 14.2. The van der Waals surface area contributed by atoms with E-state index >= 15 is 0 Å². The third kappa shape index (κ3) is 4.43. The second-order valence-electron chi connectivity index (χ2n) is 6.62. The number of fused-ring (bicyclic) bond motifs is 1. The number of pyridine rings is 1. The van der Waals surface area contributed by atoms with Crippen LogP contribution in [0.4, 0.5) is 5.69 Å². The molecule has 0 aliphatic heterocycles. The van der Waals surface area contributed by atoms with E-state index in [1.165, 1.54) is 0 Å². The molecule has 1 amide bonds. The average Bonchev–Trinajstić information content (AvgIpc) is 3.18. The van der Waals surface area contributed by atoms with Crippen LogP contribution in [0, 0.1) is 0 Å². The largest absolute Gasteiger partial charge is 0.494 e. The number of hydrogen-bond donors (Lipinski definition) is 1. The standard InChI is InChI=1S/C23H21N3O3/c1-2-3-13-28-19-9-6-16(7-10-19)22(27)25-18-8-11-21-20(14-18)26-23(29-21)17-5-4-12-24-15-17/h4-12,14-15H,2-3,13H2,1H3,(H,25,27). The Hall–Kier alpha value is -3.67. The molecule has 0 fully saturated rings. The maximum absolute atomic E-state index is 12.5. The van der Waals surface area contributed by atoms with Crippen LogP contribution in [-0.4, -0.2) is 22.5 Å². The van der Waals surface area contributed by atoms with E-state index in [0.29, 0.717) is 34.8 Å². The number of anilines is 1. The Morgan fingerprint density at radius 1 is 1.14 bits per heavy atom. The van der Waals surface area contributed by atoms with Crippen molar-refractivity contribution in [3.63, 3.8) is 0 Å². The molecule has 0 saturated carbocycles. The first-order valence-electron chi connectivity index (χ1n) is 9.58. The molecule has 4 aromatic rings. The summed E-state index contributed by atoms with van der Waals surface area (Å²) in [6, 6.07) is 16.2. The van der Waals surface area contributed by atoms with Crippen molar-refractivity contribution < 1.29 is 13.9 Å². The van der Waals surface area contributed by atoms with Gasteiger partial charge in [-0.1, -0.05) is 13.3 Å². The Kier molecular flexibility index (Phi) is 5.52. The molecule has 29 heavy (non-hydrogen) atoms. The number of amides is 1. The highest BCUT2D eigenvalue weighted by Crippen LogP contribution is 2.26. The van der Waals surface area contributed by atoms with Crippen molar-refractivity contribution in [2.24, 2.45) is 0 Å². The molecule has 1 N–H and O–H groups in total. The number of ether oxygens (including phenoxy) is 1. The summed E-state index contributed by atoms with van der Waals surface area (Å²) in [7, 11) is 0. The monoisotopic (exact) mass is 387 g/mol. The van der Waals surface area contributed by atoms with Gasteiger partial charge in [0.15, 0.2) is 5.58 Å². The van der Waals surface area contributed by atoms with Gasteiger partial charge in [0.2, 0.25) is 5.89 Å². The normalized spacial score (nSPS) is 10.8. The number of benzene rings is 2. The lowest BCUT2D eigenvalue weighted by atomic mass is 10.2. The van der Waals surface area contributed by atoms with E-state index in [4.69, 9.17) is 9.15 Å². The Balaban J connectivity index is 1.46. The Labute approximate surface area is 168 Å². The van der Waals surface area contributed by atoms with Gasteiger partial charge in [0.05, 0.1) is 12.2 Å². The highest BCUT2D eigenvalue weighted by molar-refractivity contribution is 6.05. The van der Waals surface area contributed by atoms with Gasteiger partial charge in [-0.05, 0) is 61.0 Å². The van der Waals surface area contributed by atoms with E-state index in [1.807, 2.05) is 24.3 Å². The second-order valence-corrected chi connectivity index (χ2v) is 6.62. The smallest absolute Gasteiger partial charge is 0.255 e. The molecule has 0 bridgehead atoms. The zero-order chi connectivity index (χ0) is 20.1. The van der Waals surface area contributed by atoms with Crippen LogP contribution in [0.1, 0.15) is 30.1 Å². The van der Waals surface area contributed by atoms with E-state index in [1.54, 1.807) is 42.7 Å². The number of nitrogens with one attached hydrogen (secondary N) is 1. The van der Waals surface area contributed by atoms with Gasteiger partial charge >= 0.3 is 0 Å². The summed E-state index contributed by atoms with van der Waals surface area (Å²) >= 11 is 0. The van der Waals surface area contributed by atoms with Gasteiger partial charge in [0.1, 0.15) is 11.3 Å². The van der Waals surface area contributed by atoms with E-state index < -0.39 is 0 Å². The summed E-state index contributed by atoms with van der Waals surface area (Å²) in [5.41, 5.74) is 3.33. The number of unbranched alkanes of at least 4 members (excludes halogenated alkanes) is 1. The van der Waals surface area contributed by atoms with Crippen LogP contribution in [0.2, 0.25) is 0 Å². The number of hydrogen-bond acceptors (Lipinski definition) is 5. The minimum absolute atomic E-state index is 0.194. The summed E-state index contributed by atoms with van der Waals surface area (Å²) in [5.74, 6) is 1.07. The van der Waals surface area contributed by atoms with Crippen LogP contribution in [0.5, 0.6) is 5.75 Å². The van der Waals surface area contributed by atoms with Crippen LogP contribution in [-0.2, 0) is 0 Å². The quantitative estimate of drug-likeness (QED) is 0.434. The predicted molar refractivity (Wildman–Crippen MR) is 112 cm³/mol. The average molecular weight is 387 g/mol. The molecule has 0 aliphatic rings. The lowest BCUT2D eigenvalue weighted by Gasteiger charge is -2.07.